The Morgan fingerprint density at radius 2 is 1.76 bits per heavy atom. The summed E-state index contributed by atoms with van der Waals surface area (Å²) in [4.78, 5) is 11.3. The molecule has 1 aromatic carbocycles. The Bertz CT molecular complexity index is 471. The Hall–Kier alpha value is -1.56. The van der Waals surface area contributed by atoms with Gasteiger partial charge in [-0.25, -0.2) is 0 Å². The predicted molar refractivity (Wildman–Crippen MR) is 73.6 cm³/mol. The lowest BCUT2D eigenvalue weighted by molar-refractivity contribution is -0.142. The van der Waals surface area contributed by atoms with Gasteiger partial charge in [-0.3, -0.25) is 4.79 Å². The molecule has 3 unspecified atom stereocenters. The van der Waals surface area contributed by atoms with Crippen LogP contribution in [-0.4, -0.2) is 19.1 Å². The van der Waals surface area contributed by atoms with E-state index >= 15 is 0 Å². The van der Waals surface area contributed by atoms with Crippen LogP contribution in [0.3, 0.4) is 0 Å². The molecule has 0 aromatic heterocycles. The van der Waals surface area contributed by atoms with Crippen molar-refractivity contribution in [2.75, 3.05) is 7.11 Å². The van der Waals surface area contributed by atoms with E-state index in [2.05, 4.69) is 4.74 Å². The molecule has 0 aliphatic heterocycles. The average molecular weight is 303 g/mol. The van der Waals surface area contributed by atoms with Crippen LogP contribution in [-0.2, 0) is 15.7 Å². The third-order valence-corrected chi connectivity index (χ3v) is 3.75. The smallest absolute Gasteiger partial charge is 0.416 e. The summed E-state index contributed by atoms with van der Waals surface area (Å²) in [5, 5.41) is 0. The second kappa shape index (κ2) is 6.93. The van der Waals surface area contributed by atoms with E-state index in [-0.39, 0.29) is 11.8 Å². The molecule has 2 N–H and O–H groups in total. The quantitative estimate of drug-likeness (QED) is 0.849. The Morgan fingerprint density at radius 1 is 1.24 bits per heavy atom. The monoisotopic (exact) mass is 303 g/mol. The molecule has 21 heavy (non-hydrogen) atoms. The van der Waals surface area contributed by atoms with E-state index in [0.29, 0.717) is 6.42 Å². The first kappa shape index (κ1) is 17.5. The highest BCUT2D eigenvalue weighted by atomic mass is 19.4. The number of methoxy groups -OCH3 is 1. The van der Waals surface area contributed by atoms with Crippen molar-refractivity contribution in [3.8, 4) is 0 Å². The normalized spacial score (nSPS) is 16.1. The number of hydrogen-bond acceptors (Lipinski definition) is 3. The fourth-order valence-corrected chi connectivity index (χ4v) is 2.16. The number of carbonyl (C=O) groups excluding carboxylic acids is 1. The molecule has 3 nitrogen and oxygen atoms in total. The van der Waals surface area contributed by atoms with Crippen LogP contribution in [0.25, 0.3) is 0 Å². The molecule has 1 rings (SSSR count). The molecule has 0 aliphatic rings. The third-order valence-electron chi connectivity index (χ3n) is 3.75. The number of ether oxygens (including phenoxy) is 1. The topological polar surface area (TPSA) is 52.3 Å². The van der Waals surface area contributed by atoms with Crippen molar-refractivity contribution >= 4 is 5.97 Å². The molecule has 3 atom stereocenters. The summed E-state index contributed by atoms with van der Waals surface area (Å²) in [6.07, 6.45) is -3.92. The molecule has 6 heteroatoms. The van der Waals surface area contributed by atoms with Gasteiger partial charge in [-0.15, -0.1) is 0 Å². The molecular weight excluding hydrogens is 283 g/mol. The zero-order valence-corrected chi connectivity index (χ0v) is 12.3. The van der Waals surface area contributed by atoms with Crippen molar-refractivity contribution in [3.63, 3.8) is 0 Å². The maximum absolute atomic E-state index is 12.5. The van der Waals surface area contributed by atoms with Gasteiger partial charge in [-0.2, -0.15) is 13.2 Å². The van der Waals surface area contributed by atoms with E-state index in [4.69, 9.17) is 5.73 Å². The van der Waals surface area contributed by atoms with Crippen molar-refractivity contribution in [2.24, 2.45) is 11.7 Å². The largest absolute Gasteiger partial charge is 0.468 e. The van der Waals surface area contributed by atoms with Gasteiger partial charge in [0.05, 0.1) is 12.7 Å². The predicted octanol–water partition coefficient (Wildman–Crippen LogP) is 3.34. The summed E-state index contributed by atoms with van der Waals surface area (Å²) in [6.45, 7) is 3.81. The van der Waals surface area contributed by atoms with E-state index in [1.807, 2.05) is 13.8 Å². The summed E-state index contributed by atoms with van der Waals surface area (Å²) in [5.41, 5.74) is 5.82. The Balaban J connectivity index is 2.74. The molecule has 0 spiro atoms. The van der Waals surface area contributed by atoms with Crippen LogP contribution in [0.15, 0.2) is 24.3 Å². The Kier molecular flexibility index (Phi) is 5.78. The van der Waals surface area contributed by atoms with E-state index in [0.717, 1.165) is 17.7 Å². The van der Waals surface area contributed by atoms with Crippen molar-refractivity contribution in [1.82, 2.24) is 0 Å². The molecular formula is C15H20F3NO2. The van der Waals surface area contributed by atoms with Gasteiger partial charge in [0.1, 0.15) is 6.04 Å². The van der Waals surface area contributed by atoms with Crippen LogP contribution in [0, 0.1) is 5.92 Å². The summed E-state index contributed by atoms with van der Waals surface area (Å²) in [5.74, 6) is -0.458. The van der Waals surface area contributed by atoms with Crippen molar-refractivity contribution < 1.29 is 22.7 Å². The van der Waals surface area contributed by atoms with Gasteiger partial charge in [-0.1, -0.05) is 26.0 Å². The standard InChI is InChI=1S/C15H20F3NO2/c1-9(8-13(19)14(20)21-3)10(2)11-4-6-12(7-5-11)15(16,17)18/h4-7,9-10,13H,8,19H2,1-3H3. The SMILES string of the molecule is COC(=O)C(N)CC(C)C(C)c1ccc(C(F)(F)F)cc1. The van der Waals surface area contributed by atoms with E-state index in [1.54, 1.807) is 0 Å². The first-order valence-electron chi connectivity index (χ1n) is 6.67. The van der Waals surface area contributed by atoms with Gasteiger partial charge in [0.15, 0.2) is 0 Å². The second-order valence-electron chi connectivity index (χ2n) is 5.25. The molecule has 0 saturated carbocycles. The van der Waals surface area contributed by atoms with Gasteiger partial charge in [0, 0.05) is 0 Å². The lowest BCUT2D eigenvalue weighted by atomic mass is 9.84. The number of halogens is 3. The van der Waals surface area contributed by atoms with Crippen LogP contribution in [0.1, 0.15) is 37.3 Å². The van der Waals surface area contributed by atoms with E-state index in [1.165, 1.54) is 19.2 Å². The minimum atomic E-state index is -4.33. The molecule has 0 bridgehead atoms. The zero-order valence-electron chi connectivity index (χ0n) is 12.3. The zero-order chi connectivity index (χ0) is 16.2. The number of carbonyl (C=O) groups is 1. The van der Waals surface area contributed by atoms with E-state index in [9.17, 15) is 18.0 Å². The van der Waals surface area contributed by atoms with Gasteiger partial charge >= 0.3 is 12.1 Å². The van der Waals surface area contributed by atoms with Crippen LogP contribution in [0.4, 0.5) is 13.2 Å². The number of hydrogen-bond donors (Lipinski definition) is 1. The van der Waals surface area contributed by atoms with Crippen LogP contribution < -0.4 is 5.73 Å². The highest BCUT2D eigenvalue weighted by Gasteiger charge is 2.30. The average Bonchev–Trinajstić information content (AvgIpc) is 2.44. The fourth-order valence-electron chi connectivity index (χ4n) is 2.16. The van der Waals surface area contributed by atoms with Crippen molar-refractivity contribution in [3.05, 3.63) is 35.4 Å². The first-order valence-corrected chi connectivity index (χ1v) is 6.67. The van der Waals surface area contributed by atoms with Crippen LogP contribution >= 0.6 is 0 Å². The number of nitrogens with two attached hydrogens (primary N) is 1. The van der Waals surface area contributed by atoms with Gasteiger partial charge in [0.2, 0.25) is 0 Å². The molecule has 0 fully saturated rings. The van der Waals surface area contributed by atoms with E-state index < -0.39 is 23.8 Å². The number of alkyl halides is 3. The van der Waals surface area contributed by atoms with Gasteiger partial charge < -0.3 is 10.5 Å². The molecule has 118 valence electrons. The summed E-state index contributed by atoms with van der Waals surface area (Å²) >= 11 is 0. The van der Waals surface area contributed by atoms with Gasteiger partial charge in [0.25, 0.3) is 0 Å². The van der Waals surface area contributed by atoms with Crippen molar-refractivity contribution in [2.45, 2.75) is 38.4 Å². The summed E-state index contributed by atoms with van der Waals surface area (Å²) in [6, 6.07) is 4.35. The van der Waals surface area contributed by atoms with Gasteiger partial charge in [-0.05, 0) is 36.0 Å². The molecule has 0 radical (unpaired) electrons. The maximum atomic E-state index is 12.5. The lowest BCUT2D eigenvalue weighted by Gasteiger charge is -2.23. The fraction of sp³-hybridized carbons (Fsp3) is 0.533. The Morgan fingerprint density at radius 3 is 2.19 bits per heavy atom. The number of rotatable bonds is 5. The molecule has 0 heterocycles. The Labute approximate surface area is 122 Å². The maximum Gasteiger partial charge on any atom is 0.416 e. The molecule has 1 aromatic rings. The highest BCUT2D eigenvalue weighted by molar-refractivity contribution is 5.75. The summed E-state index contributed by atoms with van der Waals surface area (Å²) in [7, 11) is 1.27. The third kappa shape index (κ3) is 4.74. The number of esters is 1. The van der Waals surface area contributed by atoms with Crippen molar-refractivity contribution in [1.29, 1.82) is 0 Å². The molecule has 0 aliphatic carbocycles. The molecule has 0 amide bonds. The summed E-state index contributed by atoms with van der Waals surface area (Å²) < 4.78 is 42.1. The number of benzene rings is 1. The second-order valence-corrected chi connectivity index (χ2v) is 5.25. The highest BCUT2D eigenvalue weighted by Crippen LogP contribution is 2.32. The minimum absolute atomic E-state index is 0.0111. The van der Waals surface area contributed by atoms with Crippen LogP contribution in [0.5, 0.6) is 0 Å². The first-order chi connectivity index (χ1) is 9.66. The lowest BCUT2D eigenvalue weighted by Crippen LogP contribution is -2.34. The minimum Gasteiger partial charge on any atom is -0.468 e. The van der Waals surface area contributed by atoms with Crippen LogP contribution in [0.2, 0.25) is 0 Å². The molecule has 0 saturated heterocycles.